The van der Waals surface area contributed by atoms with Crippen molar-refractivity contribution in [2.45, 2.75) is 13.8 Å². The molecule has 0 aromatic heterocycles. The molecule has 0 rings (SSSR count). The van der Waals surface area contributed by atoms with Crippen molar-refractivity contribution in [2.24, 2.45) is 0 Å². The predicted octanol–water partition coefficient (Wildman–Crippen LogP) is -0.663. The number of rotatable bonds is 0. The third kappa shape index (κ3) is 22.5. The molecule has 0 saturated heterocycles. The molecule has 0 aromatic rings. The highest BCUT2D eigenvalue weighted by Gasteiger charge is 2.04. The van der Waals surface area contributed by atoms with Crippen LogP contribution in [0.2, 0.25) is 0 Å². The van der Waals surface area contributed by atoms with Crippen LogP contribution in [0.4, 0.5) is 0 Å². The molecule has 0 bridgehead atoms. The lowest BCUT2D eigenvalue weighted by Gasteiger charge is -1.72. The summed E-state index contributed by atoms with van der Waals surface area (Å²) >= 11 is 0. The van der Waals surface area contributed by atoms with E-state index < -0.39 is 23.9 Å². The van der Waals surface area contributed by atoms with Crippen LogP contribution in [0.15, 0.2) is 0 Å². The predicted molar refractivity (Wildman–Crippen MR) is 41.9 cm³/mol. The normalized spacial score (nSPS) is 6.71. The molecular formula is C6H10O8. The molecule has 0 aliphatic carbocycles. The maximum Gasteiger partial charge on any atom is 0.414 e. The van der Waals surface area contributed by atoms with Gasteiger partial charge in [0.1, 0.15) is 0 Å². The molecular weight excluding hydrogens is 200 g/mol. The Morgan fingerprint density at radius 2 is 0.643 bits per heavy atom. The summed E-state index contributed by atoms with van der Waals surface area (Å²) in [6, 6.07) is 0. The van der Waals surface area contributed by atoms with Crippen LogP contribution in [-0.2, 0) is 19.2 Å². The Bertz CT molecular complexity index is 170. The average molecular weight is 210 g/mol. The highest BCUT2D eigenvalue weighted by Crippen LogP contribution is 1.56. The summed E-state index contributed by atoms with van der Waals surface area (Å²) in [5.74, 6) is -7.30. The van der Waals surface area contributed by atoms with Crippen molar-refractivity contribution in [1.29, 1.82) is 0 Å². The van der Waals surface area contributed by atoms with Crippen LogP contribution in [0.25, 0.3) is 0 Å². The topological polar surface area (TPSA) is 149 Å². The van der Waals surface area contributed by atoms with Crippen molar-refractivity contribution >= 4 is 23.9 Å². The average Bonchev–Trinajstić information content (AvgIpc) is 2.08. The molecule has 0 saturated carbocycles. The van der Waals surface area contributed by atoms with Gasteiger partial charge in [-0.15, -0.1) is 0 Å². The third-order valence-corrected chi connectivity index (χ3v) is 0.366. The van der Waals surface area contributed by atoms with Crippen LogP contribution in [0.3, 0.4) is 0 Å². The van der Waals surface area contributed by atoms with Gasteiger partial charge >= 0.3 is 23.9 Å². The molecule has 0 heterocycles. The van der Waals surface area contributed by atoms with Gasteiger partial charge in [-0.1, -0.05) is 13.8 Å². The van der Waals surface area contributed by atoms with Crippen LogP contribution in [0.1, 0.15) is 13.8 Å². The Balaban J connectivity index is -0.000000147. The van der Waals surface area contributed by atoms with Gasteiger partial charge in [0.15, 0.2) is 0 Å². The lowest BCUT2D eigenvalue weighted by molar-refractivity contribution is -0.159. The Morgan fingerprint density at radius 3 is 0.643 bits per heavy atom. The number of hydrogen-bond donors (Lipinski definition) is 4. The summed E-state index contributed by atoms with van der Waals surface area (Å²) < 4.78 is 0. The van der Waals surface area contributed by atoms with Gasteiger partial charge in [0.2, 0.25) is 0 Å². The van der Waals surface area contributed by atoms with Gasteiger partial charge in [0, 0.05) is 0 Å². The second-order valence-corrected chi connectivity index (χ2v) is 1.22. The number of carboxylic acid groups (broad SMARTS) is 4. The number of carboxylic acids is 4. The molecule has 0 radical (unpaired) electrons. The Kier molecular flexibility index (Phi) is 13.9. The molecule has 14 heavy (non-hydrogen) atoms. The summed E-state index contributed by atoms with van der Waals surface area (Å²) in [5.41, 5.74) is 0. The highest BCUT2D eigenvalue weighted by molar-refractivity contribution is 6.27. The zero-order chi connectivity index (χ0) is 12.3. The zero-order valence-corrected chi connectivity index (χ0v) is 7.42. The fourth-order valence-electron chi connectivity index (χ4n) is 0. The molecule has 82 valence electrons. The quantitative estimate of drug-likeness (QED) is 0.384. The molecule has 0 aliphatic rings. The van der Waals surface area contributed by atoms with E-state index in [1.807, 2.05) is 13.8 Å². The van der Waals surface area contributed by atoms with Crippen molar-refractivity contribution in [3.8, 4) is 0 Å². The van der Waals surface area contributed by atoms with E-state index in [4.69, 9.17) is 39.6 Å². The van der Waals surface area contributed by atoms with E-state index >= 15 is 0 Å². The molecule has 0 atom stereocenters. The van der Waals surface area contributed by atoms with E-state index in [9.17, 15) is 0 Å². The summed E-state index contributed by atoms with van der Waals surface area (Å²) in [5, 5.41) is 29.6. The second-order valence-electron chi connectivity index (χ2n) is 1.22. The Hall–Kier alpha value is -2.12. The van der Waals surface area contributed by atoms with E-state index in [-0.39, 0.29) is 0 Å². The Morgan fingerprint density at radius 1 is 0.571 bits per heavy atom. The monoisotopic (exact) mass is 210 g/mol. The van der Waals surface area contributed by atoms with Gasteiger partial charge in [-0.2, -0.15) is 0 Å². The zero-order valence-electron chi connectivity index (χ0n) is 7.42. The highest BCUT2D eigenvalue weighted by atomic mass is 16.4. The van der Waals surface area contributed by atoms with E-state index in [2.05, 4.69) is 0 Å². The van der Waals surface area contributed by atoms with Crippen LogP contribution >= 0.6 is 0 Å². The molecule has 8 nitrogen and oxygen atoms in total. The Labute approximate surface area is 78.4 Å². The summed E-state index contributed by atoms with van der Waals surface area (Å²) in [6.45, 7) is 4.00. The lowest BCUT2D eigenvalue weighted by atomic mass is 10.7. The maximum absolute atomic E-state index is 9.10. The number of hydrogen-bond acceptors (Lipinski definition) is 4. The van der Waals surface area contributed by atoms with Crippen molar-refractivity contribution in [1.82, 2.24) is 0 Å². The van der Waals surface area contributed by atoms with E-state index in [1.54, 1.807) is 0 Å². The summed E-state index contributed by atoms with van der Waals surface area (Å²) in [4.78, 5) is 36.4. The molecule has 0 unspecified atom stereocenters. The molecule has 0 aliphatic heterocycles. The van der Waals surface area contributed by atoms with Gasteiger partial charge in [0.25, 0.3) is 0 Å². The van der Waals surface area contributed by atoms with Gasteiger partial charge in [0.05, 0.1) is 0 Å². The lowest BCUT2D eigenvalue weighted by Crippen LogP contribution is -2.09. The van der Waals surface area contributed by atoms with Crippen molar-refractivity contribution in [3.63, 3.8) is 0 Å². The molecule has 0 amide bonds. The number of carbonyl (C=O) groups is 4. The SMILES string of the molecule is CC.O=C(O)C(=O)O.O=C(O)C(=O)O. The van der Waals surface area contributed by atoms with Crippen LogP contribution in [-0.4, -0.2) is 44.3 Å². The van der Waals surface area contributed by atoms with E-state index in [0.29, 0.717) is 0 Å². The van der Waals surface area contributed by atoms with Gasteiger partial charge in [-0.3, -0.25) is 0 Å². The van der Waals surface area contributed by atoms with Crippen LogP contribution < -0.4 is 0 Å². The van der Waals surface area contributed by atoms with Crippen molar-refractivity contribution in [2.75, 3.05) is 0 Å². The van der Waals surface area contributed by atoms with Crippen molar-refractivity contribution < 1.29 is 39.6 Å². The summed E-state index contributed by atoms with van der Waals surface area (Å²) in [7, 11) is 0. The fourth-order valence-corrected chi connectivity index (χ4v) is 0. The molecule has 0 aromatic carbocycles. The minimum absolute atomic E-state index is 1.82. The fraction of sp³-hybridized carbons (Fsp3) is 0.333. The third-order valence-electron chi connectivity index (χ3n) is 0.366. The first kappa shape index (κ1) is 17.8. The second kappa shape index (κ2) is 10.9. The maximum atomic E-state index is 9.10. The van der Waals surface area contributed by atoms with Gasteiger partial charge < -0.3 is 20.4 Å². The molecule has 8 heteroatoms. The standard InChI is InChI=1S/2C2H2O4.C2H6/c2*3-1(4)2(5)6;1-2/h2*(H,3,4)(H,5,6);1-2H3. The first-order valence-corrected chi connectivity index (χ1v) is 3.21. The summed E-state index contributed by atoms with van der Waals surface area (Å²) in [6.07, 6.45) is 0. The first-order chi connectivity index (χ1) is 6.29. The van der Waals surface area contributed by atoms with E-state index in [1.165, 1.54) is 0 Å². The van der Waals surface area contributed by atoms with Gasteiger partial charge in [-0.05, 0) is 0 Å². The van der Waals surface area contributed by atoms with Crippen molar-refractivity contribution in [3.05, 3.63) is 0 Å². The van der Waals surface area contributed by atoms with Gasteiger partial charge in [-0.25, -0.2) is 19.2 Å². The number of aliphatic carboxylic acids is 4. The van der Waals surface area contributed by atoms with Crippen LogP contribution in [0.5, 0.6) is 0 Å². The molecule has 0 fully saturated rings. The molecule has 4 N–H and O–H groups in total. The smallest absolute Gasteiger partial charge is 0.414 e. The largest absolute Gasteiger partial charge is 0.473 e. The minimum Gasteiger partial charge on any atom is -0.473 e. The van der Waals surface area contributed by atoms with E-state index in [0.717, 1.165) is 0 Å². The molecule has 0 spiro atoms. The van der Waals surface area contributed by atoms with Crippen LogP contribution in [0, 0.1) is 0 Å². The minimum atomic E-state index is -1.82. The first-order valence-electron chi connectivity index (χ1n) is 3.21.